The van der Waals surface area contributed by atoms with Crippen LogP contribution in [-0.4, -0.2) is 47.3 Å². The fourth-order valence-electron chi connectivity index (χ4n) is 3.60. The molecule has 0 saturated carbocycles. The van der Waals surface area contributed by atoms with Crippen molar-refractivity contribution in [3.05, 3.63) is 35.4 Å². The number of rotatable bonds is 2. The molecule has 0 aromatic heterocycles. The molecule has 4 nitrogen and oxygen atoms in total. The number of aryl methyl sites for hydroxylation is 1. The summed E-state index contributed by atoms with van der Waals surface area (Å²) in [6.45, 7) is 4.15. The van der Waals surface area contributed by atoms with E-state index in [-0.39, 0.29) is 17.6 Å². The Bertz CT molecular complexity index is 535. The van der Waals surface area contributed by atoms with Gasteiger partial charge in [0.25, 0.3) is 0 Å². The van der Waals surface area contributed by atoms with Crippen LogP contribution in [-0.2, 0) is 16.0 Å². The SMILES string of the molecule is Cc1ccccc1CC(=O)N1CCC2(CC1)C[C@@H](O)CCO2. The second-order valence-electron chi connectivity index (χ2n) is 6.66. The second kappa shape index (κ2) is 6.39. The smallest absolute Gasteiger partial charge is 0.227 e. The minimum atomic E-state index is -0.247. The molecule has 120 valence electrons. The van der Waals surface area contributed by atoms with Gasteiger partial charge in [-0.3, -0.25) is 4.79 Å². The summed E-state index contributed by atoms with van der Waals surface area (Å²) >= 11 is 0. The Kier molecular flexibility index (Phi) is 4.50. The number of hydrogen-bond donors (Lipinski definition) is 1. The monoisotopic (exact) mass is 303 g/mol. The third-order valence-electron chi connectivity index (χ3n) is 5.10. The van der Waals surface area contributed by atoms with E-state index in [2.05, 4.69) is 0 Å². The number of nitrogens with zero attached hydrogens (tertiary/aromatic N) is 1. The maximum Gasteiger partial charge on any atom is 0.227 e. The quantitative estimate of drug-likeness (QED) is 0.910. The number of piperidine rings is 1. The lowest BCUT2D eigenvalue weighted by molar-refractivity contribution is -0.153. The average Bonchev–Trinajstić information content (AvgIpc) is 2.50. The van der Waals surface area contributed by atoms with Gasteiger partial charge in [-0.05, 0) is 37.3 Å². The molecule has 3 rings (SSSR count). The first-order valence-electron chi connectivity index (χ1n) is 8.22. The molecule has 1 amide bonds. The molecule has 2 aliphatic heterocycles. The maximum absolute atomic E-state index is 12.5. The van der Waals surface area contributed by atoms with E-state index in [9.17, 15) is 9.90 Å². The van der Waals surface area contributed by atoms with Crippen LogP contribution in [0.5, 0.6) is 0 Å². The third-order valence-corrected chi connectivity index (χ3v) is 5.10. The highest BCUT2D eigenvalue weighted by Crippen LogP contribution is 2.35. The Morgan fingerprint density at radius 1 is 1.36 bits per heavy atom. The number of hydrogen-bond acceptors (Lipinski definition) is 3. The predicted molar refractivity (Wildman–Crippen MR) is 84.6 cm³/mol. The number of amides is 1. The fraction of sp³-hybridized carbons (Fsp3) is 0.611. The van der Waals surface area contributed by atoms with Gasteiger partial charge in [0.15, 0.2) is 0 Å². The fourth-order valence-corrected chi connectivity index (χ4v) is 3.60. The molecule has 0 unspecified atom stereocenters. The van der Waals surface area contributed by atoms with Gasteiger partial charge < -0.3 is 14.7 Å². The van der Waals surface area contributed by atoms with Crippen LogP contribution in [0.1, 0.15) is 36.8 Å². The van der Waals surface area contributed by atoms with Gasteiger partial charge in [-0.1, -0.05) is 24.3 Å². The Morgan fingerprint density at radius 3 is 2.77 bits per heavy atom. The summed E-state index contributed by atoms with van der Waals surface area (Å²) in [6.07, 6.45) is 3.35. The normalized spacial score (nSPS) is 24.5. The first-order chi connectivity index (χ1) is 10.6. The summed E-state index contributed by atoms with van der Waals surface area (Å²) in [5, 5.41) is 9.87. The molecule has 1 aromatic rings. The molecule has 1 atom stereocenters. The van der Waals surface area contributed by atoms with E-state index in [1.165, 1.54) is 5.56 Å². The summed E-state index contributed by atoms with van der Waals surface area (Å²) < 4.78 is 5.94. The number of benzene rings is 1. The summed E-state index contributed by atoms with van der Waals surface area (Å²) in [6, 6.07) is 8.06. The number of carbonyl (C=O) groups is 1. The maximum atomic E-state index is 12.5. The lowest BCUT2D eigenvalue weighted by Crippen LogP contribution is -2.51. The van der Waals surface area contributed by atoms with E-state index in [0.717, 1.165) is 37.9 Å². The molecule has 2 fully saturated rings. The highest BCUT2D eigenvalue weighted by molar-refractivity contribution is 5.79. The Hall–Kier alpha value is -1.39. The van der Waals surface area contributed by atoms with E-state index < -0.39 is 0 Å². The van der Waals surface area contributed by atoms with E-state index in [0.29, 0.717) is 19.4 Å². The first-order valence-corrected chi connectivity index (χ1v) is 8.22. The van der Waals surface area contributed by atoms with Crippen molar-refractivity contribution < 1.29 is 14.6 Å². The molecule has 0 aliphatic carbocycles. The van der Waals surface area contributed by atoms with Gasteiger partial charge >= 0.3 is 0 Å². The molecule has 1 aromatic carbocycles. The summed E-state index contributed by atoms with van der Waals surface area (Å²) in [4.78, 5) is 14.4. The summed E-state index contributed by atoms with van der Waals surface area (Å²) in [5.41, 5.74) is 2.08. The molecule has 22 heavy (non-hydrogen) atoms. The molecule has 1 spiro atoms. The zero-order valence-electron chi connectivity index (χ0n) is 13.3. The largest absolute Gasteiger partial charge is 0.393 e. The van der Waals surface area contributed by atoms with Gasteiger partial charge in [0, 0.05) is 26.1 Å². The van der Waals surface area contributed by atoms with Gasteiger partial charge in [-0.25, -0.2) is 0 Å². The zero-order chi connectivity index (χ0) is 15.6. The van der Waals surface area contributed by atoms with Crippen molar-refractivity contribution >= 4 is 5.91 Å². The molecule has 0 radical (unpaired) electrons. The van der Waals surface area contributed by atoms with Gasteiger partial charge in [-0.15, -0.1) is 0 Å². The van der Waals surface area contributed by atoms with Crippen molar-refractivity contribution in [2.75, 3.05) is 19.7 Å². The third kappa shape index (κ3) is 3.33. The van der Waals surface area contributed by atoms with E-state index >= 15 is 0 Å². The van der Waals surface area contributed by atoms with Crippen LogP contribution in [0.3, 0.4) is 0 Å². The van der Waals surface area contributed by atoms with Crippen LogP contribution in [0.15, 0.2) is 24.3 Å². The van der Waals surface area contributed by atoms with Crippen LogP contribution in [0.25, 0.3) is 0 Å². The highest BCUT2D eigenvalue weighted by Gasteiger charge is 2.40. The lowest BCUT2D eigenvalue weighted by atomic mass is 9.83. The minimum Gasteiger partial charge on any atom is -0.393 e. The summed E-state index contributed by atoms with van der Waals surface area (Å²) in [5.74, 6) is 0.195. The topological polar surface area (TPSA) is 49.8 Å². The summed E-state index contributed by atoms with van der Waals surface area (Å²) in [7, 11) is 0. The van der Waals surface area contributed by atoms with Crippen molar-refractivity contribution in [3.8, 4) is 0 Å². The molecule has 2 heterocycles. The van der Waals surface area contributed by atoms with E-state index in [4.69, 9.17) is 4.74 Å². The minimum absolute atomic E-state index is 0.195. The Morgan fingerprint density at radius 2 is 2.09 bits per heavy atom. The van der Waals surface area contributed by atoms with E-state index in [1.807, 2.05) is 36.1 Å². The number of carbonyl (C=O) groups excluding carboxylic acids is 1. The zero-order valence-corrected chi connectivity index (χ0v) is 13.3. The molecule has 2 aliphatic rings. The molecule has 1 N–H and O–H groups in total. The van der Waals surface area contributed by atoms with Crippen molar-refractivity contribution in [2.24, 2.45) is 0 Å². The van der Waals surface area contributed by atoms with Crippen LogP contribution >= 0.6 is 0 Å². The molecular formula is C18H25NO3. The van der Waals surface area contributed by atoms with Gasteiger partial charge in [0.05, 0.1) is 18.1 Å². The van der Waals surface area contributed by atoms with Crippen molar-refractivity contribution in [3.63, 3.8) is 0 Å². The molecule has 4 heteroatoms. The van der Waals surface area contributed by atoms with Crippen LogP contribution < -0.4 is 0 Å². The lowest BCUT2D eigenvalue weighted by Gasteiger charge is -2.45. The molecular weight excluding hydrogens is 278 g/mol. The van der Waals surface area contributed by atoms with Crippen molar-refractivity contribution in [1.82, 2.24) is 4.90 Å². The average molecular weight is 303 g/mol. The Balaban J connectivity index is 1.57. The highest BCUT2D eigenvalue weighted by atomic mass is 16.5. The van der Waals surface area contributed by atoms with Crippen molar-refractivity contribution in [1.29, 1.82) is 0 Å². The van der Waals surface area contributed by atoms with Gasteiger partial charge in [0.1, 0.15) is 0 Å². The van der Waals surface area contributed by atoms with Gasteiger partial charge in [-0.2, -0.15) is 0 Å². The van der Waals surface area contributed by atoms with Crippen molar-refractivity contribution in [2.45, 2.75) is 50.7 Å². The van der Waals surface area contributed by atoms with Crippen LogP contribution in [0, 0.1) is 6.92 Å². The number of ether oxygens (including phenoxy) is 1. The first kappa shape index (κ1) is 15.5. The van der Waals surface area contributed by atoms with Crippen LogP contribution in [0.2, 0.25) is 0 Å². The molecule has 0 bridgehead atoms. The number of aliphatic hydroxyl groups excluding tert-OH is 1. The van der Waals surface area contributed by atoms with E-state index in [1.54, 1.807) is 0 Å². The number of likely N-dealkylation sites (tertiary alicyclic amines) is 1. The second-order valence-corrected chi connectivity index (χ2v) is 6.66. The standard InChI is InChI=1S/C18H25NO3/c1-14-4-2-3-5-15(14)12-17(21)19-9-7-18(8-10-19)13-16(20)6-11-22-18/h2-5,16,20H,6-13H2,1H3/t16-/m0/s1. The van der Waals surface area contributed by atoms with Crippen LogP contribution in [0.4, 0.5) is 0 Å². The number of aliphatic hydroxyl groups is 1. The Labute approximate surface area is 132 Å². The molecule has 2 saturated heterocycles. The predicted octanol–water partition coefficient (Wildman–Crippen LogP) is 2.07. The van der Waals surface area contributed by atoms with Gasteiger partial charge in [0.2, 0.25) is 5.91 Å².